The van der Waals surface area contributed by atoms with Crippen LogP contribution in [0.15, 0.2) is 162 Å². The van der Waals surface area contributed by atoms with Crippen molar-refractivity contribution in [2.45, 2.75) is 0 Å². The summed E-state index contributed by atoms with van der Waals surface area (Å²) in [5.41, 5.74) is 6.79. The Hall–Kier alpha value is -6.44. The average molecular weight is 619 g/mol. The number of benzene rings is 11. The van der Waals surface area contributed by atoms with Crippen molar-refractivity contribution in [3.63, 3.8) is 0 Å². The molecule has 1 heterocycles. The summed E-state index contributed by atoms with van der Waals surface area (Å²) in [6.07, 6.45) is 0. The van der Waals surface area contributed by atoms with Gasteiger partial charge in [-0.3, -0.25) is 0 Å². The fraction of sp³-hybridized carbons (Fsp3) is 0. The fourth-order valence-corrected chi connectivity index (χ4v) is 8.97. The Bertz CT molecular complexity index is 3290. The van der Waals surface area contributed by atoms with Crippen LogP contribution in [0.5, 0.6) is 0 Å². The van der Waals surface area contributed by atoms with Crippen LogP contribution in [0.3, 0.4) is 0 Å². The average Bonchev–Trinajstić information content (AvgIpc) is 3.52. The zero-order valence-electron chi connectivity index (χ0n) is 26.4. The molecule has 0 bridgehead atoms. The molecule has 12 aromatic rings. The Morgan fingerprint density at radius 3 is 1.24 bits per heavy atom. The second-order valence-corrected chi connectivity index (χ2v) is 13.6. The van der Waals surface area contributed by atoms with Gasteiger partial charge in [0.2, 0.25) is 0 Å². The van der Waals surface area contributed by atoms with E-state index in [9.17, 15) is 0 Å². The van der Waals surface area contributed by atoms with E-state index in [1.165, 1.54) is 97.7 Å². The Morgan fingerprint density at radius 1 is 0.245 bits per heavy atom. The minimum atomic E-state index is 0.917. The number of rotatable bonds is 2. The SMILES string of the molecule is c1cc2ccc3ccc(-c4ccc(-c5ccc6ccc7cccc8ccc5c6c78)c5cc6c(cc45)oc4ccccc46)c4ccc(c1)c2c34. The molecule has 12 rings (SSSR count). The predicted molar refractivity (Wildman–Crippen MR) is 210 cm³/mol. The Morgan fingerprint density at radius 2 is 0.673 bits per heavy atom. The maximum absolute atomic E-state index is 6.52. The van der Waals surface area contributed by atoms with Crippen molar-refractivity contribution in [2.75, 3.05) is 0 Å². The lowest BCUT2D eigenvalue weighted by Gasteiger charge is -2.18. The second kappa shape index (κ2) is 9.13. The molecule has 0 atom stereocenters. The third-order valence-electron chi connectivity index (χ3n) is 11.2. The largest absolute Gasteiger partial charge is 0.456 e. The first-order valence-electron chi connectivity index (χ1n) is 17.0. The molecule has 0 fully saturated rings. The van der Waals surface area contributed by atoms with E-state index < -0.39 is 0 Å². The maximum Gasteiger partial charge on any atom is 0.136 e. The highest BCUT2D eigenvalue weighted by Crippen LogP contribution is 2.47. The van der Waals surface area contributed by atoms with Crippen molar-refractivity contribution >= 4 is 97.3 Å². The van der Waals surface area contributed by atoms with Crippen molar-refractivity contribution < 1.29 is 4.42 Å². The zero-order chi connectivity index (χ0) is 31.8. The summed E-state index contributed by atoms with van der Waals surface area (Å²) in [5, 5.41) is 20.3. The van der Waals surface area contributed by atoms with Crippen molar-refractivity contribution in [2.24, 2.45) is 0 Å². The van der Waals surface area contributed by atoms with Crippen LogP contribution in [0.25, 0.3) is 120 Å². The van der Waals surface area contributed by atoms with Crippen LogP contribution >= 0.6 is 0 Å². The highest BCUT2D eigenvalue weighted by molar-refractivity contribution is 6.29. The van der Waals surface area contributed by atoms with Gasteiger partial charge in [0.15, 0.2) is 0 Å². The van der Waals surface area contributed by atoms with Gasteiger partial charge < -0.3 is 4.42 Å². The second-order valence-electron chi connectivity index (χ2n) is 13.6. The van der Waals surface area contributed by atoms with Gasteiger partial charge in [-0.05, 0) is 116 Å². The third kappa shape index (κ3) is 3.34. The van der Waals surface area contributed by atoms with Gasteiger partial charge in [-0.1, -0.05) is 140 Å². The van der Waals surface area contributed by atoms with Crippen LogP contribution < -0.4 is 0 Å². The van der Waals surface area contributed by atoms with Gasteiger partial charge in [-0.15, -0.1) is 0 Å². The minimum Gasteiger partial charge on any atom is -0.456 e. The molecule has 0 saturated heterocycles. The summed E-state index contributed by atoms with van der Waals surface area (Å²) in [6, 6.07) is 58.5. The van der Waals surface area contributed by atoms with Gasteiger partial charge >= 0.3 is 0 Å². The fourth-order valence-electron chi connectivity index (χ4n) is 8.97. The number of furan rings is 1. The highest BCUT2D eigenvalue weighted by atomic mass is 16.3. The van der Waals surface area contributed by atoms with Crippen LogP contribution in [-0.2, 0) is 0 Å². The molecular formula is C48H26O. The number of fused-ring (bicyclic) bond motifs is 4. The first-order valence-corrected chi connectivity index (χ1v) is 17.0. The molecule has 0 unspecified atom stereocenters. The van der Waals surface area contributed by atoms with Gasteiger partial charge in [0.25, 0.3) is 0 Å². The maximum atomic E-state index is 6.52. The van der Waals surface area contributed by atoms with Gasteiger partial charge in [0.05, 0.1) is 0 Å². The molecule has 1 heteroatoms. The van der Waals surface area contributed by atoms with Crippen molar-refractivity contribution in [1.82, 2.24) is 0 Å². The van der Waals surface area contributed by atoms with Gasteiger partial charge in [-0.2, -0.15) is 0 Å². The van der Waals surface area contributed by atoms with E-state index in [-0.39, 0.29) is 0 Å². The molecule has 0 aliphatic carbocycles. The zero-order valence-corrected chi connectivity index (χ0v) is 26.4. The van der Waals surface area contributed by atoms with Gasteiger partial charge in [0.1, 0.15) is 11.2 Å². The van der Waals surface area contributed by atoms with E-state index in [4.69, 9.17) is 4.42 Å². The highest BCUT2D eigenvalue weighted by Gasteiger charge is 2.19. The van der Waals surface area contributed by atoms with Crippen molar-refractivity contribution in [3.8, 4) is 22.3 Å². The van der Waals surface area contributed by atoms with Crippen LogP contribution in [-0.4, -0.2) is 0 Å². The molecule has 0 radical (unpaired) electrons. The van der Waals surface area contributed by atoms with E-state index in [1.54, 1.807) is 0 Å². The van der Waals surface area contributed by atoms with E-state index in [0.717, 1.165) is 21.9 Å². The molecule has 0 amide bonds. The van der Waals surface area contributed by atoms with Crippen LogP contribution in [0, 0.1) is 0 Å². The summed E-state index contributed by atoms with van der Waals surface area (Å²) < 4.78 is 6.52. The third-order valence-corrected chi connectivity index (χ3v) is 11.2. The molecule has 0 N–H and O–H groups in total. The molecule has 49 heavy (non-hydrogen) atoms. The molecule has 0 spiro atoms. The summed E-state index contributed by atoms with van der Waals surface area (Å²) in [5.74, 6) is 0. The van der Waals surface area contributed by atoms with Crippen LogP contribution in [0.1, 0.15) is 0 Å². The predicted octanol–water partition coefficient (Wildman–Crippen LogP) is 13.9. The first kappa shape index (κ1) is 25.6. The first-order chi connectivity index (χ1) is 24.3. The number of hydrogen-bond donors (Lipinski definition) is 0. The Labute approximate surface area is 280 Å². The molecule has 0 aliphatic heterocycles. The van der Waals surface area contributed by atoms with E-state index in [2.05, 4.69) is 158 Å². The number of para-hydroxylation sites is 1. The van der Waals surface area contributed by atoms with E-state index >= 15 is 0 Å². The topological polar surface area (TPSA) is 13.1 Å². The summed E-state index contributed by atoms with van der Waals surface area (Å²) in [4.78, 5) is 0. The summed E-state index contributed by atoms with van der Waals surface area (Å²) in [6.45, 7) is 0. The van der Waals surface area contributed by atoms with E-state index in [0.29, 0.717) is 0 Å². The van der Waals surface area contributed by atoms with E-state index in [1.807, 2.05) is 0 Å². The normalized spacial score (nSPS) is 12.5. The smallest absolute Gasteiger partial charge is 0.136 e. The quantitative estimate of drug-likeness (QED) is 0.176. The minimum absolute atomic E-state index is 0.917. The molecule has 1 aromatic heterocycles. The number of hydrogen-bond acceptors (Lipinski definition) is 1. The Balaban J connectivity index is 1.22. The summed E-state index contributed by atoms with van der Waals surface area (Å²) >= 11 is 0. The molecule has 1 nitrogen and oxygen atoms in total. The monoisotopic (exact) mass is 618 g/mol. The lowest BCUT2D eigenvalue weighted by molar-refractivity contribution is 0.669. The summed E-state index contributed by atoms with van der Waals surface area (Å²) in [7, 11) is 0. The molecule has 0 aliphatic rings. The van der Waals surface area contributed by atoms with Crippen LogP contribution in [0.4, 0.5) is 0 Å². The molecule has 224 valence electrons. The standard InChI is InChI=1S/C48H26O/c1-2-10-43-37(9-1)42-25-40-35(33-19-15-31-13-11-27-5-3-7-29-17-21-38(33)47(31)45(27)29)23-24-36(41(40)26-44(42)49-43)34-20-16-32-14-12-28-6-4-8-30-18-22-39(34)48(32)46(28)30/h1-26H. The molecular weight excluding hydrogens is 593 g/mol. The lowest BCUT2D eigenvalue weighted by Crippen LogP contribution is -1.91. The molecule has 0 saturated carbocycles. The van der Waals surface area contributed by atoms with Gasteiger partial charge in [-0.25, -0.2) is 0 Å². The van der Waals surface area contributed by atoms with Crippen LogP contribution in [0.2, 0.25) is 0 Å². The van der Waals surface area contributed by atoms with Gasteiger partial charge in [0, 0.05) is 10.8 Å². The lowest BCUT2D eigenvalue weighted by atomic mass is 9.85. The van der Waals surface area contributed by atoms with Crippen molar-refractivity contribution in [1.29, 1.82) is 0 Å². The molecule has 11 aromatic carbocycles. The van der Waals surface area contributed by atoms with Crippen molar-refractivity contribution in [3.05, 3.63) is 158 Å². The Kier molecular flexibility index (Phi) is 4.77.